The van der Waals surface area contributed by atoms with Crippen molar-refractivity contribution in [2.45, 2.75) is 25.1 Å². The van der Waals surface area contributed by atoms with E-state index in [0.717, 1.165) is 11.8 Å². The van der Waals surface area contributed by atoms with Gasteiger partial charge in [-0.05, 0) is 0 Å². The molecule has 0 saturated carbocycles. The summed E-state index contributed by atoms with van der Waals surface area (Å²) in [6, 6.07) is -0.785. The molecule has 0 aliphatic carbocycles. The average Bonchev–Trinajstić information content (AvgIpc) is 2.13. The van der Waals surface area contributed by atoms with E-state index < -0.39 is 12.0 Å². The zero-order valence-electron chi connectivity index (χ0n) is 8.27. The SMILES string of the molecule is COC(=O)C(NC(C)=O)C(C)SC=O. The molecule has 0 aliphatic heterocycles. The largest absolute Gasteiger partial charge is 0.467 e. The smallest absolute Gasteiger partial charge is 0.329 e. The minimum absolute atomic E-state index is 0.334. The van der Waals surface area contributed by atoms with E-state index in [2.05, 4.69) is 10.1 Å². The zero-order chi connectivity index (χ0) is 11.1. The quantitative estimate of drug-likeness (QED) is 0.519. The molecule has 80 valence electrons. The minimum atomic E-state index is -0.785. The Hall–Kier alpha value is -1.04. The molecule has 0 rings (SSSR count). The number of ether oxygens (including phenoxy) is 1. The van der Waals surface area contributed by atoms with Crippen LogP contribution in [0.2, 0.25) is 0 Å². The van der Waals surface area contributed by atoms with Crippen molar-refractivity contribution < 1.29 is 19.1 Å². The number of carbonyl (C=O) groups excluding carboxylic acids is 3. The molecule has 0 aromatic carbocycles. The van der Waals surface area contributed by atoms with E-state index in [-0.39, 0.29) is 11.2 Å². The molecule has 5 nitrogen and oxygen atoms in total. The van der Waals surface area contributed by atoms with Crippen LogP contribution < -0.4 is 5.32 Å². The second kappa shape index (κ2) is 6.42. The van der Waals surface area contributed by atoms with Gasteiger partial charge in [0.15, 0.2) is 5.62 Å². The third-order valence-corrected chi connectivity index (χ3v) is 2.37. The monoisotopic (exact) mass is 219 g/mol. The van der Waals surface area contributed by atoms with Crippen molar-refractivity contribution in [3.8, 4) is 0 Å². The molecule has 0 saturated heterocycles. The first-order valence-corrected chi connectivity index (χ1v) is 4.91. The number of methoxy groups -OCH3 is 1. The number of thioether (sulfide) groups is 1. The fourth-order valence-corrected chi connectivity index (χ4v) is 1.39. The van der Waals surface area contributed by atoms with Crippen LogP contribution in [0.1, 0.15) is 13.8 Å². The minimum Gasteiger partial charge on any atom is -0.467 e. The van der Waals surface area contributed by atoms with Crippen molar-refractivity contribution in [1.82, 2.24) is 5.32 Å². The fourth-order valence-electron chi connectivity index (χ4n) is 0.880. The summed E-state index contributed by atoms with van der Waals surface area (Å²) >= 11 is 0.929. The van der Waals surface area contributed by atoms with E-state index in [1.807, 2.05) is 0 Å². The molecule has 0 bridgehead atoms. The maximum Gasteiger partial charge on any atom is 0.329 e. The maximum atomic E-state index is 11.2. The summed E-state index contributed by atoms with van der Waals surface area (Å²) in [5.74, 6) is -0.888. The lowest BCUT2D eigenvalue weighted by Gasteiger charge is -2.19. The Morgan fingerprint density at radius 2 is 2.07 bits per heavy atom. The van der Waals surface area contributed by atoms with Crippen LogP contribution in [-0.4, -0.2) is 35.9 Å². The van der Waals surface area contributed by atoms with Crippen molar-refractivity contribution in [3.63, 3.8) is 0 Å². The highest BCUT2D eigenvalue weighted by atomic mass is 32.2. The van der Waals surface area contributed by atoms with Crippen LogP contribution in [0.15, 0.2) is 0 Å². The van der Waals surface area contributed by atoms with Crippen LogP contribution in [0.3, 0.4) is 0 Å². The lowest BCUT2D eigenvalue weighted by Crippen LogP contribution is -2.46. The number of amides is 1. The summed E-state index contributed by atoms with van der Waals surface area (Å²) in [6.45, 7) is 2.96. The molecule has 0 aromatic rings. The lowest BCUT2D eigenvalue weighted by atomic mass is 10.2. The summed E-state index contributed by atoms with van der Waals surface area (Å²) in [5, 5.41) is 2.08. The Bertz CT molecular complexity index is 231. The Balaban J connectivity index is 4.44. The lowest BCUT2D eigenvalue weighted by molar-refractivity contribution is -0.144. The highest BCUT2D eigenvalue weighted by Gasteiger charge is 2.26. The van der Waals surface area contributed by atoms with Crippen LogP contribution >= 0.6 is 11.8 Å². The van der Waals surface area contributed by atoms with Crippen LogP contribution in [0.4, 0.5) is 0 Å². The Labute approximate surface area is 86.6 Å². The van der Waals surface area contributed by atoms with E-state index in [1.165, 1.54) is 14.0 Å². The summed E-state index contributed by atoms with van der Waals surface area (Å²) in [4.78, 5) is 32.2. The predicted molar refractivity (Wildman–Crippen MR) is 53.4 cm³/mol. The number of esters is 1. The van der Waals surface area contributed by atoms with Gasteiger partial charge in [-0.25, -0.2) is 4.79 Å². The number of hydrogen-bond donors (Lipinski definition) is 1. The van der Waals surface area contributed by atoms with Gasteiger partial charge in [0.2, 0.25) is 5.91 Å². The standard InChI is InChI=1S/C8H13NO4S/c1-5(14-4-10)7(8(12)13-3)9-6(2)11/h4-5,7H,1-3H3,(H,9,11). The molecular formula is C8H13NO4S. The van der Waals surface area contributed by atoms with Gasteiger partial charge in [-0.15, -0.1) is 0 Å². The van der Waals surface area contributed by atoms with Gasteiger partial charge in [0, 0.05) is 12.2 Å². The molecule has 14 heavy (non-hydrogen) atoms. The molecule has 0 radical (unpaired) electrons. The van der Waals surface area contributed by atoms with E-state index in [9.17, 15) is 14.4 Å². The normalized spacial score (nSPS) is 13.9. The second-order valence-electron chi connectivity index (χ2n) is 2.64. The summed E-state index contributed by atoms with van der Waals surface area (Å²) in [6.07, 6.45) is 0. The third kappa shape index (κ3) is 4.27. The highest BCUT2D eigenvalue weighted by molar-refractivity contribution is 8.12. The molecule has 2 unspecified atom stereocenters. The van der Waals surface area contributed by atoms with Crippen molar-refractivity contribution >= 4 is 29.3 Å². The molecule has 1 N–H and O–H groups in total. The van der Waals surface area contributed by atoms with Crippen molar-refractivity contribution in [1.29, 1.82) is 0 Å². The van der Waals surface area contributed by atoms with Gasteiger partial charge >= 0.3 is 5.97 Å². The van der Waals surface area contributed by atoms with Crippen molar-refractivity contribution in [2.24, 2.45) is 0 Å². The predicted octanol–water partition coefficient (Wildman–Crippen LogP) is -0.0240. The Morgan fingerprint density at radius 3 is 2.43 bits per heavy atom. The van der Waals surface area contributed by atoms with Gasteiger partial charge in [-0.2, -0.15) is 0 Å². The van der Waals surface area contributed by atoms with Gasteiger partial charge in [-0.1, -0.05) is 18.7 Å². The van der Waals surface area contributed by atoms with Gasteiger partial charge in [0.05, 0.1) is 7.11 Å². The topological polar surface area (TPSA) is 72.5 Å². The van der Waals surface area contributed by atoms with E-state index >= 15 is 0 Å². The molecule has 2 atom stereocenters. The number of carbonyl (C=O) groups is 3. The van der Waals surface area contributed by atoms with Crippen LogP contribution in [0.5, 0.6) is 0 Å². The van der Waals surface area contributed by atoms with E-state index in [4.69, 9.17) is 0 Å². The summed E-state index contributed by atoms with van der Waals surface area (Å²) in [5.41, 5.74) is 0.627. The van der Waals surface area contributed by atoms with Gasteiger partial charge < -0.3 is 10.1 Å². The molecule has 0 aliphatic rings. The van der Waals surface area contributed by atoms with E-state index in [1.54, 1.807) is 6.92 Å². The maximum absolute atomic E-state index is 11.2. The highest BCUT2D eigenvalue weighted by Crippen LogP contribution is 2.12. The van der Waals surface area contributed by atoms with Gasteiger partial charge in [0.1, 0.15) is 6.04 Å². The first-order chi connectivity index (χ1) is 6.52. The van der Waals surface area contributed by atoms with Gasteiger partial charge in [-0.3, -0.25) is 9.59 Å². The average molecular weight is 219 g/mol. The van der Waals surface area contributed by atoms with Crippen molar-refractivity contribution in [2.75, 3.05) is 7.11 Å². The first kappa shape index (κ1) is 13.0. The second-order valence-corrected chi connectivity index (χ2v) is 3.85. The van der Waals surface area contributed by atoms with Crippen LogP contribution in [0.25, 0.3) is 0 Å². The molecule has 0 heterocycles. The van der Waals surface area contributed by atoms with Gasteiger partial charge in [0.25, 0.3) is 0 Å². The number of nitrogens with one attached hydrogen (secondary N) is 1. The molecule has 0 aromatic heterocycles. The van der Waals surface area contributed by atoms with Crippen molar-refractivity contribution in [3.05, 3.63) is 0 Å². The number of rotatable bonds is 5. The Kier molecular flexibility index (Phi) is 5.94. The summed E-state index contributed by atoms with van der Waals surface area (Å²) in [7, 11) is 1.23. The molecule has 0 spiro atoms. The molecule has 0 fully saturated rings. The molecule has 1 amide bonds. The van der Waals surface area contributed by atoms with Crippen LogP contribution in [0, 0.1) is 0 Å². The molecular weight excluding hydrogens is 206 g/mol. The third-order valence-electron chi connectivity index (χ3n) is 1.55. The number of hydrogen-bond acceptors (Lipinski definition) is 5. The fraction of sp³-hybridized carbons (Fsp3) is 0.625. The van der Waals surface area contributed by atoms with E-state index in [0.29, 0.717) is 5.62 Å². The zero-order valence-corrected chi connectivity index (χ0v) is 9.09. The first-order valence-electron chi connectivity index (χ1n) is 3.97. The van der Waals surface area contributed by atoms with Crippen LogP contribution in [-0.2, 0) is 19.1 Å². The summed E-state index contributed by atoms with van der Waals surface area (Å²) < 4.78 is 4.50. The Morgan fingerprint density at radius 1 is 1.50 bits per heavy atom. The molecule has 6 heteroatoms.